The molecule has 4 heteroatoms. The lowest BCUT2D eigenvalue weighted by molar-refractivity contribution is 0.313. The van der Waals surface area contributed by atoms with Gasteiger partial charge in [0.05, 0.1) is 5.82 Å². The van der Waals surface area contributed by atoms with Gasteiger partial charge in [0, 0.05) is 44.1 Å². The van der Waals surface area contributed by atoms with Crippen LogP contribution in [0.3, 0.4) is 0 Å². The third-order valence-electron chi connectivity index (χ3n) is 3.98. The van der Waals surface area contributed by atoms with E-state index in [1.165, 1.54) is 16.9 Å². The maximum absolute atomic E-state index is 3.96. The van der Waals surface area contributed by atoms with E-state index >= 15 is 0 Å². The summed E-state index contributed by atoms with van der Waals surface area (Å²) in [6.07, 6.45) is 1.04. The number of benzene rings is 1. The molecule has 0 amide bonds. The first-order valence-electron chi connectivity index (χ1n) is 6.98. The molecule has 0 bridgehead atoms. The van der Waals surface area contributed by atoms with E-state index in [2.05, 4.69) is 52.3 Å². The van der Waals surface area contributed by atoms with Crippen LogP contribution in [-0.4, -0.2) is 44.7 Å². The summed E-state index contributed by atoms with van der Waals surface area (Å²) in [5.41, 5.74) is 3.91. The van der Waals surface area contributed by atoms with Crippen molar-refractivity contribution in [2.24, 2.45) is 0 Å². The number of hydrogen-bond donors (Lipinski definition) is 2. The van der Waals surface area contributed by atoms with Crippen molar-refractivity contribution in [1.82, 2.24) is 10.2 Å². The Balaban J connectivity index is 1.81. The molecule has 2 heterocycles. The third kappa shape index (κ3) is 2.68. The summed E-state index contributed by atoms with van der Waals surface area (Å²) in [6, 6.07) is 6.73. The van der Waals surface area contributed by atoms with E-state index in [0.717, 1.165) is 45.0 Å². The summed E-state index contributed by atoms with van der Waals surface area (Å²) >= 11 is 0. The highest BCUT2D eigenvalue weighted by Crippen LogP contribution is 2.26. The van der Waals surface area contributed by atoms with Gasteiger partial charge in [-0.2, -0.15) is 0 Å². The first-order valence-corrected chi connectivity index (χ1v) is 6.98. The van der Waals surface area contributed by atoms with Crippen LogP contribution in [0.1, 0.15) is 5.56 Å². The molecule has 102 valence electrons. The highest BCUT2D eigenvalue weighted by molar-refractivity contribution is 5.63. The van der Waals surface area contributed by atoms with Gasteiger partial charge in [0.15, 0.2) is 0 Å². The van der Waals surface area contributed by atoms with Crippen molar-refractivity contribution in [3.8, 4) is 0 Å². The van der Waals surface area contributed by atoms with Crippen molar-refractivity contribution >= 4 is 11.4 Å². The van der Waals surface area contributed by atoms with Crippen LogP contribution in [-0.2, 0) is 6.42 Å². The maximum atomic E-state index is 3.96. The van der Waals surface area contributed by atoms with Crippen LogP contribution in [0.5, 0.6) is 0 Å². The molecule has 0 atom stereocenters. The standard InChI is InChI=1S/C15H22N4/c1-12-16-6-5-13-11-14(3-4-15(13)17-12)19-9-7-18(2)8-10-19/h3-4,11,16-17H,1,5-10H2,2H3. The monoisotopic (exact) mass is 258 g/mol. The molecule has 0 aromatic heterocycles. The minimum absolute atomic E-state index is 0.895. The van der Waals surface area contributed by atoms with Crippen molar-refractivity contribution in [3.05, 3.63) is 36.2 Å². The second-order valence-electron chi connectivity index (χ2n) is 5.41. The third-order valence-corrected chi connectivity index (χ3v) is 3.98. The van der Waals surface area contributed by atoms with E-state index in [1.54, 1.807) is 0 Å². The Kier molecular flexibility index (Phi) is 3.34. The normalized spacial score (nSPS) is 20.3. The van der Waals surface area contributed by atoms with Gasteiger partial charge in [-0.15, -0.1) is 0 Å². The Labute approximate surface area is 115 Å². The van der Waals surface area contributed by atoms with E-state index in [1.807, 2.05) is 0 Å². The number of anilines is 2. The van der Waals surface area contributed by atoms with Gasteiger partial charge in [0.1, 0.15) is 0 Å². The first-order chi connectivity index (χ1) is 9.22. The molecule has 1 aromatic rings. The number of fused-ring (bicyclic) bond motifs is 1. The molecule has 2 aliphatic rings. The second kappa shape index (κ2) is 5.13. The largest absolute Gasteiger partial charge is 0.372 e. The van der Waals surface area contributed by atoms with Crippen molar-refractivity contribution in [2.75, 3.05) is 50.0 Å². The van der Waals surface area contributed by atoms with Crippen molar-refractivity contribution in [3.63, 3.8) is 0 Å². The average molecular weight is 258 g/mol. The zero-order valence-corrected chi connectivity index (χ0v) is 11.6. The van der Waals surface area contributed by atoms with Crippen molar-refractivity contribution < 1.29 is 0 Å². The molecule has 0 radical (unpaired) electrons. The van der Waals surface area contributed by atoms with Crippen LogP contribution < -0.4 is 15.5 Å². The highest BCUT2D eigenvalue weighted by atomic mass is 15.2. The van der Waals surface area contributed by atoms with Crippen molar-refractivity contribution in [2.45, 2.75) is 6.42 Å². The SMILES string of the molecule is C=C1NCCc2cc(N3CCN(C)CC3)ccc2N1. The van der Waals surface area contributed by atoms with Gasteiger partial charge in [-0.05, 0) is 37.2 Å². The molecule has 1 aromatic carbocycles. The molecule has 4 nitrogen and oxygen atoms in total. The molecule has 2 aliphatic heterocycles. The minimum Gasteiger partial charge on any atom is -0.372 e. The van der Waals surface area contributed by atoms with Gasteiger partial charge in [0.2, 0.25) is 0 Å². The lowest BCUT2D eigenvalue weighted by atomic mass is 10.1. The Morgan fingerprint density at radius 2 is 1.95 bits per heavy atom. The van der Waals surface area contributed by atoms with Crippen LogP contribution >= 0.6 is 0 Å². The predicted molar refractivity (Wildman–Crippen MR) is 80.6 cm³/mol. The average Bonchev–Trinajstić information content (AvgIpc) is 2.59. The van der Waals surface area contributed by atoms with Crippen LogP contribution in [0.15, 0.2) is 30.6 Å². The van der Waals surface area contributed by atoms with E-state index in [4.69, 9.17) is 0 Å². The zero-order chi connectivity index (χ0) is 13.2. The molecule has 1 fully saturated rings. The van der Waals surface area contributed by atoms with E-state index in [9.17, 15) is 0 Å². The molecule has 0 spiro atoms. The summed E-state index contributed by atoms with van der Waals surface area (Å²) in [5.74, 6) is 0.895. The first kappa shape index (κ1) is 12.4. The van der Waals surface area contributed by atoms with Crippen LogP contribution in [0.25, 0.3) is 0 Å². The Bertz CT molecular complexity index is 475. The Morgan fingerprint density at radius 1 is 1.16 bits per heavy atom. The number of hydrogen-bond acceptors (Lipinski definition) is 4. The molecule has 1 saturated heterocycles. The van der Waals surface area contributed by atoms with E-state index in [-0.39, 0.29) is 0 Å². The lowest BCUT2D eigenvalue weighted by Crippen LogP contribution is -2.44. The predicted octanol–water partition coefficient (Wildman–Crippen LogP) is 1.47. The fraction of sp³-hybridized carbons (Fsp3) is 0.467. The Hall–Kier alpha value is -1.68. The quantitative estimate of drug-likeness (QED) is 0.798. The van der Waals surface area contributed by atoms with Crippen molar-refractivity contribution in [1.29, 1.82) is 0 Å². The fourth-order valence-corrected chi connectivity index (χ4v) is 2.73. The molecular weight excluding hydrogens is 236 g/mol. The van der Waals surface area contributed by atoms with Gasteiger partial charge in [-0.1, -0.05) is 6.58 Å². The molecule has 3 rings (SSSR count). The van der Waals surface area contributed by atoms with Gasteiger partial charge in [-0.3, -0.25) is 0 Å². The summed E-state index contributed by atoms with van der Waals surface area (Å²) in [5, 5.41) is 6.60. The maximum Gasteiger partial charge on any atom is 0.0957 e. The zero-order valence-electron chi connectivity index (χ0n) is 11.6. The number of piperazine rings is 1. The fourth-order valence-electron chi connectivity index (χ4n) is 2.73. The molecule has 2 N–H and O–H groups in total. The van der Waals surface area contributed by atoms with Gasteiger partial charge >= 0.3 is 0 Å². The van der Waals surface area contributed by atoms with Gasteiger partial charge in [0.25, 0.3) is 0 Å². The second-order valence-corrected chi connectivity index (χ2v) is 5.41. The lowest BCUT2D eigenvalue weighted by Gasteiger charge is -2.34. The molecular formula is C15H22N4. The summed E-state index contributed by atoms with van der Waals surface area (Å²) < 4.78 is 0. The van der Waals surface area contributed by atoms with Gasteiger partial charge in [-0.25, -0.2) is 0 Å². The van der Waals surface area contributed by atoms with E-state index < -0.39 is 0 Å². The number of nitrogens with one attached hydrogen (secondary N) is 2. The molecule has 0 aliphatic carbocycles. The van der Waals surface area contributed by atoms with Crippen LogP contribution in [0.4, 0.5) is 11.4 Å². The minimum atomic E-state index is 0.895. The van der Waals surface area contributed by atoms with E-state index in [0.29, 0.717) is 0 Å². The number of rotatable bonds is 1. The smallest absolute Gasteiger partial charge is 0.0957 e. The van der Waals surface area contributed by atoms with Gasteiger partial charge < -0.3 is 20.4 Å². The number of likely N-dealkylation sites (N-methyl/N-ethyl adjacent to an activating group) is 1. The highest BCUT2D eigenvalue weighted by Gasteiger charge is 2.16. The Morgan fingerprint density at radius 3 is 2.74 bits per heavy atom. The molecule has 0 saturated carbocycles. The summed E-state index contributed by atoms with van der Waals surface area (Å²) in [4.78, 5) is 4.86. The van der Waals surface area contributed by atoms with Crippen LogP contribution in [0, 0.1) is 0 Å². The molecule has 0 unspecified atom stereocenters. The topological polar surface area (TPSA) is 30.5 Å². The summed E-state index contributed by atoms with van der Waals surface area (Å²) in [6.45, 7) is 9.44. The summed E-state index contributed by atoms with van der Waals surface area (Å²) in [7, 11) is 2.19. The molecule has 19 heavy (non-hydrogen) atoms. The van der Waals surface area contributed by atoms with Crippen LogP contribution in [0.2, 0.25) is 0 Å². The number of nitrogens with zero attached hydrogens (tertiary/aromatic N) is 2.